The predicted molar refractivity (Wildman–Crippen MR) is 78.1 cm³/mol. The molecule has 18 heavy (non-hydrogen) atoms. The maximum absolute atomic E-state index is 3.45. The van der Waals surface area contributed by atoms with Crippen molar-refractivity contribution in [1.82, 2.24) is 9.80 Å². The molecular formula is C15H25N3. The van der Waals surface area contributed by atoms with Crippen molar-refractivity contribution < 1.29 is 0 Å². The summed E-state index contributed by atoms with van der Waals surface area (Å²) in [7, 11) is 2.21. The van der Waals surface area contributed by atoms with Crippen LogP contribution < -0.4 is 5.32 Å². The first-order chi connectivity index (χ1) is 8.84. The summed E-state index contributed by atoms with van der Waals surface area (Å²) in [4.78, 5) is 4.98. The van der Waals surface area contributed by atoms with E-state index < -0.39 is 0 Å². The van der Waals surface area contributed by atoms with E-state index in [2.05, 4.69) is 46.4 Å². The maximum Gasteiger partial charge on any atom is 0.0340 e. The van der Waals surface area contributed by atoms with Gasteiger partial charge in [-0.1, -0.05) is 18.2 Å². The zero-order valence-corrected chi connectivity index (χ0v) is 11.4. The molecule has 1 heterocycles. The van der Waals surface area contributed by atoms with Crippen molar-refractivity contribution in [1.29, 1.82) is 0 Å². The summed E-state index contributed by atoms with van der Waals surface area (Å²) in [5, 5.41) is 3.45. The second kappa shape index (κ2) is 7.39. The minimum atomic E-state index is 1.01. The van der Waals surface area contributed by atoms with Crippen molar-refractivity contribution in [2.75, 3.05) is 51.6 Å². The molecule has 100 valence electrons. The summed E-state index contributed by atoms with van der Waals surface area (Å²) in [6.07, 6.45) is 2.78. The van der Waals surface area contributed by atoms with E-state index >= 15 is 0 Å². The third kappa shape index (κ3) is 4.67. The van der Waals surface area contributed by atoms with Gasteiger partial charge in [-0.3, -0.25) is 0 Å². The molecule has 3 nitrogen and oxygen atoms in total. The largest absolute Gasteiger partial charge is 0.384 e. The second-order valence-electron chi connectivity index (χ2n) is 5.14. The summed E-state index contributed by atoms with van der Waals surface area (Å²) >= 11 is 0. The van der Waals surface area contributed by atoms with Gasteiger partial charge in [0.2, 0.25) is 0 Å². The zero-order chi connectivity index (χ0) is 12.6. The van der Waals surface area contributed by atoms with Crippen molar-refractivity contribution in [3.63, 3.8) is 0 Å². The molecule has 0 spiro atoms. The number of likely N-dealkylation sites (tertiary alicyclic amines) is 1. The van der Waals surface area contributed by atoms with Crippen LogP contribution in [-0.2, 0) is 0 Å². The van der Waals surface area contributed by atoms with Crippen molar-refractivity contribution in [2.24, 2.45) is 0 Å². The summed E-state index contributed by atoms with van der Waals surface area (Å²) < 4.78 is 0. The molecule has 2 rings (SSSR count). The molecule has 0 atom stereocenters. The van der Waals surface area contributed by atoms with E-state index in [-0.39, 0.29) is 0 Å². The van der Waals surface area contributed by atoms with Gasteiger partial charge < -0.3 is 15.1 Å². The van der Waals surface area contributed by atoms with Crippen molar-refractivity contribution >= 4 is 5.69 Å². The van der Waals surface area contributed by atoms with Gasteiger partial charge in [0.05, 0.1) is 0 Å². The van der Waals surface area contributed by atoms with Crippen molar-refractivity contribution in [3.8, 4) is 0 Å². The quantitative estimate of drug-likeness (QED) is 0.796. The molecule has 0 saturated carbocycles. The van der Waals surface area contributed by atoms with Crippen LogP contribution in [0.5, 0.6) is 0 Å². The number of nitrogens with zero attached hydrogens (tertiary/aromatic N) is 2. The van der Waals surface area contributed by atoms with E-state index in [9.17, 15) is 0 Å². The number of hydrogen-bond acceptors (Lipinski definition) is 3. The van der Waals surface area contributed by atoms with Gasteiger partial charge in [0.1, 0.15) is 0 Å². The number of nitrogens with one attached hydrogen (secondary N) is 1. The number of rotatable bonds is 7. The Balaban J connectivity index is 1.55. The first-order valence-corrected chi connectivity index (χ1v) is 7.04. The highest BCUT2D eigenvalue weighted by Gasteiger charge is 2.11. The standard InChI is InChI=1S/C15H25N3/c1-17(13-14-18-10-5-6-11-18)12-9-16-15-7-3-2-4-8-15/h2-4,7-8,16H,5-6,9-14H2,1H3. The van der Waals surface area contributed by atoms with Crippen LogP contribution in [0.2, 0.25) is 0 Å². The fourth-order valence-corrected chi connectivity index (χ4v) is 2.38. The Morgan fingerprint density at radius 3 is 2.56 bits per heavy atom. The minimum Gasteiger partial charge on any atom is -0.384 e. The Morgan fingerprint density at radius 2 is 1.83 bits per heavy atom. The normalized spacial score (nSPS) is 16.3. The molecule has 1 saturated heterocycles. The molecule has 1 aromatic carbocycles. The predicted octanol–water partition coefficient (Wildman–Crippen LogP) is 2.13. The van der Waals surface area contributed by atoms with Crippen molar-refractivity contribution in [2.45, 2.75) is 12.8 Å². The van der Waals surface area contributed by atoms with Gasteiger partial charge in [-0.15, -0.1) is 0 Å². The average Bonchev–Trinajstić information content (AvgIpc) is 2.91. The summed E-state index contributed by atoms with van der Waals surface area (Å²) in [5.41, 5.74) is 1.21. The molecule has 0 aliphatic carbocycles. The van der Waals surface area contributed by atoms with Crippen molar-refractivity contribution in [3.05, 3.63) is 30.3 Å². The molecule has 0 amide bonds. The Bertz CT molecular complexity index is 320. The van der Waals surface area contributed by atoms with E-state index in [0.717, 1.165) is 13.1 Å². The number of benzene rings is 1. The van der Waals surface area contributed by atoms with Gasteiger partial charge in [-0.25, -0.2) is 0 Å². The Labute approximate surface area is 111 Å². The van der Waals surface area contributed by atoms with Gasteiger partial charge in [-0.2, -0.15) is 0 Å². The lowest BCUT2D eigenvalue weighted by Crippen LogP contribution is -2.33. The van der Waals surface area contributed by atoms with E-state index in [1.54, 1.807) is 0 Å². The summed E-state index contributed by atoms with van der Waals surface area (Å²) in [5.74, 6) is 0. The lowest BCUT2D eigenvalue weighted by atomic mass is 10.3. The SMILES string of the molecule is CN(CCNc1ccccc1)CCN1CCCC1. The van der Waals surface area contributed by atoms with E-state index in [0.29, 0.717) is 0 Å². The molecule has 0 unspecified atom stereocenters. The van der Waals surface area contributed by atoms with Crippen LogP contribution in [-0.4, -0.2) is 56.1 Å². The Hall–Kier alpha value is -1.06. The Kier molecular flexibility index (Phi) is 5.49. The molecule has 0 aromatic heterocycles. The van der Waals surface area contributed by atoms with E-state index in [1.165, 1.54) is 44.7 Å². The number of likely N-dealkylation sites (N-methyl/N-ethyl adjacent to an activating group) is 1. The highest BCUT2D eigenvalue weighted by Crippen LogP contribution is 2.06. The van der Waals surface area contributed by atoms with Gasteiger partial charge >= 0.3 is 0 Å². The van der Waals surface area contributed by atoms with E-state index in [4.69, 9.17) is 0 Å². The van der Waals surface area contributed by atoms with E-state index in [1.807, 2.05) is 6.07 Å². The monoisotopic (exact) mass is 247 g/mol. The first kappa shape index (κ1) is 13.4. The molecule has 1 fully saturated rings. The van der Waals surface area contributed by atoms with Gasteiger partial charge in [-0.05, 0) is 45.1 Å². The highest BCUT2D eigenvalue weighted by molar-refractivity contribution is 5.42. The van der Waals surface area contributed by atoms with Crippen LogP contribution in [0.3, 0.4) is 0 Å². The molecule has 3 heteroatoms. The van der Waals surface area contributed by atoms with Crippen LogP contribution in [0.1, 0.15) is 12.8 Å². The molecule has 1 aromatic rings. The molecule has 0 radical (unpaired) electrons. The topological polar surface area (TPSA) is 18.5 Å². The summed E-state index contributed by atoms with van der Waals surface area (Å²) in [6.45, 7) is 7.12. The second-order valence-corrected chi connectivity index (χ2v) is 5.14. The number of para-hydroxylation sites is 1. The van der Waals surface area contributed by atoms with Gasteiger partial charge in [0.25, 0.3) is 0 Å². The van der Waals surface area contributed by atoms with Gasteiger partial charge in [0.15, 0.2) is 0 Å². The third-order valence-electron chi connectivity index (χ3n) is 3.59. The molecule has 0 bridgehead atoms. The Morgan fingerprint density at radius 1 is 1.11 bits per heavy atom. The minimum absolute atomic E-state index is 1.01. The molecule has 1 aliphatic heterocycles. The smallest absolute Gasteiger partial charge is 0.0340 e. The highest BCUT2D eigenvalue weighted by atomic mass is 15.2. The van der Waals surface area contributed by atoms with Crippen LogP contribution in [0.25, 0.3) is 0 Å². The lowest BCUT2D eigenvalue weighted by molar-refractivity contribution is 0.262. The van der Waals surface area contributed by atoms with Crippen LogP contribution >= 0.6 is 0 Å². The van der Waals surface area contributed by atoms with Crippen LogP contribution in [0.4, 0.5) is 5.69 Å². The van der Waals surface area contributed by atoms with Crippen LogP contribution in [0, 0.1) is 0 Å². The number of hydrogen-bond donors (Lipinski definition) is 1. The fraction of sp³-hybridized carbons (Fsp3) is 0.600. The molecule has 1 N–H and O–H groups in total. The molecular weight excluding hydrogens is 222 g/mol. The summed E-state index contributed by atoms with van der Waals surface area (Å²) in [6, 6.07) is 10.4. The third-order valence-corrected chi connectivity index (χ3v) is 3.59. The van der Waals surface area contributed by atoms with Gasteiger partial charge in [0, 0.05) is 31.9 Å². The number of anilines is 1. The average molecular weight is 247 g/mol. The fourth-order valence-electron chi connectivity index (χ4n) is 2.38. The van der Waals surface area contributed by atoms with Crippen LogP contribution in [0.15, 0.2) is 30.3 Å². The zero-order valence-electron chi connectivity index (χ0n) is 11.4. The first-order valence-electron chi connectivity index (χ1n) is 7.04. The lowest BCUT2D eigenvalue weighted by Gasteiger charge is -2.21. The maximum atomic E-state index is 3.45. The molecule has 1 aliphatic rings.